The third-order valence-corrected chi connectivity index (χ3v) is 5.17. The summed E-state index contributed by atoms with van der Waals surface area (Å²) in [6.45, 7) is 10.4. The molecule has 0 spiro atoms. The second-order valence-corrected chi connectivity index (χ2v) is 6.51. The number of hydrogen-bond donors (Lipinski definition) is 1. The molecule has 0 aromatic rings. The van der Waals surface area contributed by atoms with E-state index in [1.54, 1.807) is 0 Å². The Morgan fingerprint density at radius 1 is 1.35 bits per heavy atom. The van der Waals surface area contributed by atoms with Crippen LogP contribution in [0.1, 0.15) is 20.3 Å². The highest BCUT2D eigenvalue weighted by atomic mass is 16.5. The molecule has 3 fully saturated rings. The van der Waals surface area contributed by atoms with E-state index in [1.165, 1.54) is 0 Å². The fraction of sp³-hybridized carbons (Fsp3) is 0.933. The summed E-state index contributed by atoms with van der Waals surface area (Å²) < 4.78 is 5.52. The molecule has 0 bridgehead atoms. The molecule has 3 aliphatic heterocycles. The number of ether oxygens (including phenoxy) is 1. The van der Waals surface area contributed by atoms with Crippen LogP contribution in [0.5, 0.6) is 0 Å². The predicted molar refractivity (Wildman–Crippen MR) is 77.5 cm³/mol. The average Bonchev–Trinajstić information content (AvgIpc) is 2.98. The van der Waals surface area contributed by atoms with Gasteiger partial charge in [0.2, 0.25) is 5.91 Å². The molecule has 3 heterocycles. The summed E-state index contributed by atoms with van der Waals surface area (Å²) in [7, 11) is 0. The minimum atomic E-state index is 0.178. The van der Waals surface area contributed by atoms with Gasteiger partial charge in [0.15, 0.2) is 0 Å². The molecule has 3 saturated heterocycles. The fourth-order valence-corrected chi connectivity index (χ4v) is 4.17. The lowest BCUT2D eigenvalue weighted by Crippen LogP contribution is -2.49. The first kappa shape index (κ1) is 14.3. The van der Waals surface area contributed by atoms with E-state index in [-0.39, 0.29) is 12.0 Å². The molecule has 1 amide bonds. The van der Waals surface area contributed by atoms with Crippen molar-refractivity contribution in [3.05, 3.63) is 0 Å². The summed E-state index contributed by atoms with van der Waals surface area (Å²) in [5.74, 6) is 1.78. The van der Waals surface area contributed by atoms with E-state index in [9.17, 15) is 4.79 Å². The molecule has 4 atom stereocenters. The van der Waals surface area contributed by atoms with Crippen LogP contribution in [0.4, 0.5) is 0 Å². The highest BCUT2D eigenvalue weighted by Gasteiger charge is 2.43. The molecule has 114 valence electrons. The summed E-state index contributed by atoms with van der Waals surface area (Å²) in [6, 6.07) is 0.581. The number of hydrogen-bond acceptors (Lipinski definition) is 4. The van der Waals surface area contributed by atoms with Gasteiger partial charge in [-0.05, 0) is 38.3 Å². The van der Waals surface area contributed by atoms with Gasteiger partial charge in [0.05, 0.1) is 19.3 Å². The third-order valence-electron chi connectivity index (χ3n) is 5.17. The number of rotatable bonds is 3. The number of carbonyl (C=O) groups is 1. The molecular weight excluding hydrogens is 254 g/mol. The van der Waals surface area contributed by atoms with Crippen LogP contribution in [-0.2, 0) is 9.53 Å². The van der Waals surface area contributed by atoms with Crippen molar-refractivity contribution in [1.82, 2.24) is 15.1 Å². The van der Waals surface area contributed by atoms with Gasteiger partial charge in [0.1, 0.15) is 0 Å². The summed E-state index contributed by atoms with van der Waals surface area (Å²) in [5, 5.41) is 3.49. The molecule has 1 N–H and O–H groups in total. The van der Waals surface area contributed by atoms with Crippen molar-refractivity contribution in [3.63, 3.8) is 0 Å². The Kier molecular flexibility index (Phi) is 4.29. The second-order valence-electron chi connectivity index (χ2n) is 6.51. The number of nitrogens with zero attached hydrogens (tertiary/aromatic N) is 2. The normalized spacial score (nSPS) is 38.2. The van der Waals surface area contributed by atoms with Gasteiger partial charge >= 0.3 is 0 Å². The van der Waals surface area contributed by atoms with E-state index in [4.69, 9.17) is 4.74 Å². The van der Waals surface area contributed by atoms with Crippen LogP contribution in [0, 0.1) is 11.8 Å². The minimum absolute atomic E-state index is 0.178. The molecule has 0 aromatic carbocycles. The molecule has 0 aliphatic carbocycles. The molecular formula is C15H27N3O2. The lowest BCUT2D eigenvalue weighted by Gasteiger charge is -2.34. The van der Waals surface area contributed by atoms with Crippen LogP contribution >= 0.6 is 0 Å². The lowest BCUT2D eigenvalue weighted by atomic mass is 9.93. The molecule has 5 heteroatoms. The van der Waals surface area contributed by atoms with Gasteiger partial charge in [-0.2, -0.15) is 0 Å². The van der Waals surface area contributed by atoms with Crippen molar-refractivity contribution < 1.29 is 9.53 Å². The van der Waals surface area contributed by atoms with E-state index in [2.05, 4.69) is 17.1 Å². The van der Waals surface area contributed by atoms with Crippen LogP contribution in [0.2, 0.25) is 0 Å². The highest BCUT2D eigenvalue weighted by molar-refractivity contribution is 5.78. The quantitative estimate of drug-likeness (QED) is 0.801. The Morgan fingerprint density at radius 3 is 2.95 bits per heavy atom. The van der Waals surface area contributed by atoms with E-state index < -0.39 is 0 Å². The Labute approximate surface area is 121 Å². The summed E-state index contributed by atoms with van der Waals surface area (Å²) >= 11 is 0. The average molecular weight is 281 g/mol. The molecule has 0 radical (unpaired) electrons. The van der Waals surface area contributed by atoms with Crippen molar-refractivity contribution in [2.45, 2.75) is 32.4 Å². The van der Waals surface area contributed by atoms with Crippen LogP contribution in [0.25, 0.3) is 0 Å². The van der Waals surface area contributed by atoms with Crippen molar-refractivity contribution in [3.8, 4) is 0 Å². The van der Waals surface area contributed by atoms with Gasteiger partial charge in [0, 0.05) is 25.7 Å². The van der Waals surface area contributed by atoms with Crippen LogP contribution in [-0.4, -0.2) is 73.7 Å². The van der Waals surface area contributed by atoms with Gasteiger partial charge in [-0.3, -0.25) is 9.69 Å². The van der Waals surface area contributed by atoms with E-state index in [0.29, 0.717) is 19.2 Å². The maximum absolute atomic E-state index is 12.5. The maximum atomic E-state index is 12.5. The summed E-state index contributed by atoms with van der Waals surface area (Å²) in [6.07, 6.45) is 1.33. The fourth-order valence-electron chi connectivity index (χ4n) is 4.17. The SMILES string of the molecule is CCC1C2CNCC2CN1CC(=O)N1CCOC(C)C1. The molecule has 5 nitrogen and oxygen atoms in total. The number of fused-ring (bicyclic) bond motifs is 1. The molecule has 4 unspecified atom stereocenters. The van der Waals surface area contributed by atoms with Gasteiger partial charge in [0.25, 0.3) is 0 Å². The number of carbonyl (C=O) groups excluding carboxylic acids is 1. The number of likely N-dealkylation sites (tertiary alicyclic amines) is 1. The first-order valence-corrected chi connectivity index (χ1v) is 8.03. The van der Waals surface area contributed by atoms with Crippen molar-refractivity contribution in [2.24, 2.45) is 11.8 Å². The maximum Gasteiger partial charge on any atom is 0.236 e. The second kappa shape index (κ2) is 6.00. The topological polar surface area (TPSA) is 44.8 Å². The molecule has 0 aromatic heterocycles. The first-order chi connectivity index (χ1) is 9.69. The largest absolute Gasteiger partial charge is 0.375 e. The molecule has 3 rings (SSSR count). The smallest absolute Gasteiger partial charge is 0.236 e. The number of nitrogens with one attached hydrogen (secondary N) is 1. The number of morpholine rings is 1. The number of amides is 1. The summed E-state index contributed by atoms with van der Waals surface area (Å²) in [5.41, 5.74) is 0. The standard InChI is InChI=1S/C15H27N3O2/c1-3-14-13-7-16-6-12(13)9-18(14)10-15(19)17-4-5-20-11(2)8-17/h11-14,16H,3-10H2,1-2H3. The van der Waals surface area contributed by atoms with Crippen molar-refractivity contribution >= 4 is 5.91 Å². The van der Waals surface area contributed by atoms with Crippen LogP contribution < -0.4 is 5.32 Å². The van der Waals surface area contributed by atoms with Crippen LogP contribution in [0.3, 0.4) is 0 Å². The van der Waals surface area contributed by atoms with Crippen LogP contribution in [0.15, 0.2) is 0 Å². The van der Waals surface area contributed by atoms with Gasteiger partial charge in [-0.25, -0.2) is 0 Å². The van der Waals surface area contributed by atoms with Gasteiger partial charge < -0.3 is 15.0 Å². The van der Waals surface area contributed by atoms with Gasteiger partial charge in [-0.1, -0.05) is 6.92 Å². The van der Waals surface area contributed by atoms with E-state index in [0.717, 1.165) is 51.0 Å². The Balaban J connectivity index is 1.58. The zero-order valence-corrected chi connectivity index (χ0v) is 12.7. The Bertz CT molecular complexity index is 363. The Morgan fingerprint density at radius 2 is 2.20 bits per heavy atom. The third kappa shape index (κ3) is 2.71. The van der Waals surface area contributed by atoms with Gasteiger partial charge in [-0.15, -0.1) is 0 Å². The first-order valence-electron chi connectivity index (χ1n) is 8.03. The van der Waals surface area contributed by atoms with Crippen molar-refractivity contribution in [1.29, 1.82) is 0 Å². The molecule has 0 saturated carbocycles. The predicted octanol–water partition coefficient (Wildman–Crippen LogP) is 0.164. The van der Waals surface area contributed by atoms with E-state index in [1.807, 2.05) is 11.8 Å². The monoisotopic (exact) mass is 281 g/mol. The molecule has 20 heavy (non-hydrogen) atoms. The van der Waals surface area contributed by atoms with E-state index >= 15 is 0 Å². The summed E-state index contributed by atoms with van der Waals surface area (Å²) in [4.78, 5) is 16.9. The zero-order valence-electron chi connectivity index (χ0n) is 12.7. The minimum Gasteiger partial charge on any atom is -0.375 e. The highest BCUT2D eigenvalue weighted by Crippen LogP contribution is 2.34. The van der Waals surface area contributed by atoms with Crippen molar-refractivity contribution in [2.75, 3.05) is 45.9 Å². The lowest BCUT2D eigenvalue weighted by molar-refractivity contribution is -0.139. The zero-order chi connectivity index (χ0) is 14.1. The Hall–Kier alpha value is -0.650. The molecule has 3 aliphatic rings.